The molecule has 1 heterocycles. The monoisotopic (exact) mass is 234 g/mol. The number of hydrogen-bond donors (Lipinski definition) is 1. The summed E-state index contributed by atoms with van der Waals surface area (Å²) in [5, 5.41) is 8.95. The Balaban J connectivity index is 2.48. The van der Waals surface area contributed by atoms with E-state index in [1.54, 1.807) is 12.1 Å². The van der Waals surface area contributed by atoms with E-state index in [-0.39, 0.29) is 12.4 Å². The fraction of sp³-hybridized carbons (Fsp3) is 0.308. The van der Waals surface area contributed by atoms with Crippen LogP contribution >= 0.6 is 0 Å². The molecule has 0 radical (unpaired) electrons. The second-order valence-corrected chi connectivity index (χ2v) is 4.00. The molecule has 2 rings (SSSR count). The number of halogens is 1. The van der Waals surface area contributed by atoms with E-state index in [0.717, 1.165) is 22.8 Å². The van der Waals surface area contributed by atoms with Gasteiger partial charge >= 0.3 is 0 Å². The average molecular weight is 234 g/mol. The molecule has 0 fully saturated rings. The fourth-order valence-corrected chi connectivity index (χ4v) is 2.03. The fourth-order valence-electron chi connectivity index (χ4n) is 2.03. The molecule has 0 saturated carbocycles. The minimum Gasteiger partial charge on any atom is -0.396 e. The number of rotatable bonds is 3. The van der Waals surface area contributed by atoms with Crippen molar-refractivity contribution in [2.75, 3.05) is 6.61 Å². The lowest BCUT2D eigenvalue weighted by atomic mass is 10.1. The van der Waals surface area contributed by atoms with E-state index in [4.69, 9.17) is 5.11 Å². The molecule has 0 unspecified atom stereocenters. The highest BCUT2D eigenvalue weighted by atomic mass is 19.1. The van der Waals surface area contributed by atoms with Crippen molar-refractivity contribution in [3.8, 4) is 11.3 Å². The SMILES string of the molecule is Cc1nc(CCO)n(C)c1-c1ccc(F)cc1. The summed E-state index contributed by atoms with van der Waals surface area (Å²) in [6, 6.07) is 6.35. The van der Waals surface area contributed by atoms with Gasteiger partial charge in [0.1, 0.15) is 11.6 Å². The second-order valence-electron chi connectivity index (χ2n) is 4.00. The lowest BCUT2D eigenvalue weighted by Gasteiger charge is -2.06. The van der Waals surface area contributed by atoms with Gasteiger partial charge in [-0.25, -0.2) is 9.37 Å². The molecular formula is C13H15FN2O. The molecule has 3 nitrogen and oxygen atoms in total. The summed E-state index contributed by atoms with van der Waals surface area (Å²) < 4.78 is 14.8. The van der Waals surface area contributed by atoms with E-state index in [2.05, 4.69) is 4.98 Å². The van der Waals surface area contributed by atoms with Crippen molar-refractivity contribution in [3.05, 3.63) is 41.6 Å². The predicted octanol–water partition coefficient (Wildman–Crippen LogP) is 2.07. The number of aromatic nitrogens is 2. The van der Waals surface area contributed by atoms with Crippen LogP contribution in [0.5, 0.6) is 0 Å². The number of hydrogen-bond acceptors (Lipinski definition) is 2. The van der Waals surface area contributed by atoms with Gasteiger partial charge in [-0.15, -0.1) is 0 Å². The Kier molecular flexibility index (Phi) is 3.24. The van der Waals surface area contributed by atoms with E-state index < -0.39 is 0 Å². The lowest BCUT2D eigenvalue weighted by Crippen LogP contribution is -2.02. The molecule has 1 aromatic heterocycles. The van der Waals surface area contributed by atoms with E-state index in [1.807, 2.05) is 18.5 Å². The van der Waals surface area contributed by atoms with Crippen molar-refractivity contribution in [1.82, 2.24) is 9.55 Å². The molecule has 0 saturated heterocycles. The summed E-state index contributed by atoms with van der Waals surface area (Å²) in [6.07, 6.45) is 0.526. The minimum absolute atomic E-state index is 0.0765. The van der Waals surface area contributed by atoms with Gasteiger partial charge in [-0.05, 0) is 31.2 Å². The largest absolute Gasteiger partial charge is 0.396 e. The van der Waals surface area contributed by atoms with Crippen LogP contribution in [-0.2, 0) is 13.5 Å². The summed E-state index contributed by atoms with van der Waals surface area (Å²) in [5.41, 5.74) is 2.79. The molecule has 0 aliphatic rings. The minimum atomic E-state index is -0.246. The highest BCUT2D eigenvalue weighted by Crippen LogP contribution is 2.24. The number of benzene rings is 1. The van der Waals surface area contributed by atoms with Gasteiger partial charge in [0, 0.05) is 19.0 Å². The predicted molar refractivity (Wildman–Crippen MR) is 64.1 cm³/mol. The molecule has 0 atom stereocenters. The third kappa shape index (κ3) is 2.22. The standard InChI is InChI=1S/C13H15FN2O/c1-9-13(10-3-5-11(14)6-4-10)16(2)12(15-9)7-8-17/h3-6,17H,7-8H2,1-2H3. The van der Waals surface area contributed by atoms with Crippen LogP contribution < -0.4 is 0 Å². The zero-order valence-electron chi connectivity index (χ0n) is 9.94. The van der Waals surface area contributed by atoms with Gasteiger partial charge < -0.3 is 9.67 Å². The average Bonchev–Trinajstić information content (AvgIpc) is 2.57. The zero-order chi connectivity index (χ0) is 12.4. The van der Waals surface area contributed by atoms with Gasteiger partial charge in [0.15, 0.2) is 0 Å². The Morgan fingerprint density at radius 3 is 2.53 bits per heavy atom. The maximum Gasteiger partial charge on any atom is 0.123 e. The Morgan fingerprint density at radius 2 is 1.94 bits per heavy atom. The van der Waals surface area contributed by atoms with Crippen LogP contribution in [0, 0.1) is 12.7 Å². The Labute approximate surface area is 99.5 Å². The highest BCUT2D eigenvalue weighted by molar-refractivity contribution is 5.62. The Hall–Kier alpha value is -1.68. The normalized spacial score (nSPS) is 10.8. The third-order valence-corrected chi connectivity index (χ3v) is 2.82. The summed E-state index contributed by atoms with van der Waals surface area (Å²) >= 11 is 0. The van der Waals surface area contributed by atoms with Gasteiger partial charge in [-0.2, -0.15) is 0 Å². The van der Waals surface area contributed by atoms with Crippen molar-refractivity contribution in [2.24, 2.45) is 7.05 Å². The molecule has 0 aliphatic heterocycles. The van der Waals surface area contributed by atoms with Crippen molar-refractivity contribution < 1.29 is 9.50 Å². The molecule has 1 N–H and O–H groups in total. The smallest absolute Gasteiger partial charge is 0.123 e. The first-order valence-corrected chi connectivity index (χ1v) is 5.52. The summed E-state index contributed by atoms with van der Waals surface area (Å²) in [5.74, 6) is 0.591. The number of aryl methyl sites for hydroxylation is 1. The number of aliphatic hydroxyl groups excluding tert-OH is 1. The van der Waals surface area contributed by atoms with Gasteiger partial charge in [-0.1, -0.05) is 0 Å². The second kappa shape index (κ2) is 4.67. The van der Waals surface area contributed by atoms with Crippen molar-refractivity contribution in [1.29, 1.82) is 0 Å². The quantitative estimate of drug-likeness (QED) is 0.882. The van der Waals surface area contributed by atoms with Gasteiger partial charge in [0.2, 0.25) is 0 Å². The maximum atomic E-state index is 12.9. The molecule has 0 aliphatic carbocycles. The summed E-state index contributed by atoms with van der Waals surface area (Å²) in [4.78, 5) is 4.41. The third-order valence-electron chi connectivity index (χ3n) is 2.82. The van der Waals surface area contributed by atoms with Crippen molar-refractivity contribution in [2.45, 2.75) is 13.3 Å². The first-order chi connectivity index (χ1) is 8.13. The molecule has 90 valence electrons. The van der Waals surface area contributed by atoms with Gasteiger partial charge in [-0.3, -0.25) is 0 Å². The first-order valence-electron chi connectivity index (χ1n) is 5.52. The van der Waals surface area contributed by atoms with Crippen LogP contribution in [0.15, 0.2) is 24.3 Å². The summed E-state index contributed by atoms with van der Waals surface area (Å²) in [6.45, 7) is 1.99. The van der Waals surface area contributed by atoms with Crippen LogP contribution in [0.2, 0.25) is 0 Å². The van der Waals surface area contributed by atoms with Crippen LogP contribution in [0.4, 0.5) is 4.39 Å². The molecule has 0 bridgehead atoms. The maximum absolute atomic E-state index is 12.9. The number of aliphatic hydroxyl groups is 1. The highest BCUT2D eigenvalue weighted by Gasteiger charge is 2.12. The van der Waals surface area contributed by atoms with Crippen molar-refractivity contribution in [3.63, 3.8) is 0 Å². The topological polar surface area (TPSA) is 38.1 Å². The Bertz CT molecular complexity index is 517. The van der Waals surface area contributed by atoms with Crippen LogP contribution in [-0.4, -0.2) is 21.3 Å². The molecule has 0 spiro atoms. The zero-order valence-corrected chi connectivity index (χ0v) is 9.94. The summed E-state index contributed by atoms with van der Waals surface area (Å²) in [7, 11) is 1.91. The molecular weight excluding hydrogens is 219 g/mol. The van der Waals surface area contributed by atoms with Crippen LogP contribution in [0.25, 0.3) is 11.3 Å². The van der Waals surface area contributed by atoms with E-state index in [1.165, 1.54) is 12.1 Å². The first kappa shape index (κ1) is 11.8. The van der Waals surface area contributed by atoms with Gasteiger partial charge in [0.05, 0.1) is 18.0 Å². The Morgan fingerprint density at radius 1 is 1.29 bits per heavy atom. The van der Waals surface area contributed by atoms with Gasteiger partial charge in [0.25, 0.3) is 0 Å². The van der Waals surface area contributed by atoms with Crippen LogP contribution in [0.1, 0.15) is 11.5 Å². The molecule has 2 aromatic rings. The molecule has 4 heteroatoms. The van der Waals surface area contributed by atoms with E-state index in [0.29, 0.717) is 6.42 Å². The van der Waals surface area contributed by atoms with Crippen LogP contribution in [0.3, 0.4) is 0 Å². The van der Waals surface area contributed by atoms with E-state index in [9.17, 15) is 4.39 Å². The lowest BCUT2D eigenvalue weighted by molar-refractivity contribution is 0.295. The number of imidazole rings is 1. The number of nitrogens with zero attached hydrogens (tertiary/aromatic N) is 2. The molecule has 1 aromatic carbocycles. The molecule has 17 heavy (non-hydrogen) atoms. The van der Waals surface area contributed by atoms with Crippen molar-refractivity contribution >= 4 is 0 Å². The van der Waals surface area contributed by atoms with E-state index >= 15 is 0 Å². The molecule has 0 amide bonds.